The number of nitrogens with one attached hydrogen (secondary N) is 2. The van der Waals surface area contributed by atoms with E-state index in [1.54, 1.807) is 19.1 Å². The molecule has 0 heterocycles. The minimum Gasteiger partial charge on any atom is -0.396 e. The molecule has 0 aliphatic heterocycles. The average molecular weight is 335 g/mol. The predicted molar refractivity (Wildman–Crippen MR) is 92.1 cm³/mol. The molecule has 3 N–H and O–H groups in total. The van der Waals surface area contributed by atoms with Gasteiger partial charge >= 0.3 is 6.03 Å². The number of carbonyl (C=O) groups excluding carboxylic acids is 1. The first kappa shape index (κ1) is 18.2. The van der Waals surface area contributed by atoms with Crippen LogP contribution in [0.5, 0.6) is 0 Å². The van der Waals surface area contributed by atoms with Crippen molar-refractivity contribution in [3.8, 4) is 0 Å². The van der Waals surface area contributed by atoms with Crippen LogP contribution in [0.2, 0.25) is 0 Å². The van der Waals surface area contributed by atoms with Gasteiger partial charge in [0.15, 0.2) is 0 Å². The van der Waals surface area contributed by atoms with Gasteiger partial charge in [0.1, 0.15) is 0 Å². The number of hydrogen-bond acceptors (Lipinski definition) is 4. The van der Waals surface area contributed by atoms with Crippen LogP contribution in [0.4, 0.5) is 16.2 Å². The zero-order valence-corrected chi connectivity index (χ0v) is 14.0. The van der Waals surface area contributed by atoms with Crippen LogP contribution in [0, 0.1) is 23.0 Å². The zero-order chi connectivity index (χ0) is 17.5. The first-order valence-electron chi connectivity index (χ1n) is 8.45. The molecule has 1 unspecified atom stereocenters. The van der Waals surface area contributed by atoms with Crippen LogP contribution in [0.25, 0.3) is 0 Å². The molecule has 0 saturated heterocycles. The van der Waals surface area contributed by atoms with Gasteiger partial charge in [-0.2, -0.15) is 0 Å². The number of carbonyl (C=O) groups is 1. The van der Waals surface area contributed by atoms with E-state index < -0.39 is 4.92 Å². The summed E-state index contributed by atoms with van der Waals surface area (Å²) in [4.78, 5) is 22.8. The Morgan fingerprint density at radius 2 is 2.08 bits per heavy atom. The molecule has 7 heteroatoms. The molecule has 2 amide bonds. The summed E-state index contributed by atoms with van der Waals surface area (Å²) >= 11 is 0. The highest BCUT2D eigenvalue weighted by Gasteiger charge is 2.25. The zero-order valence-electron chi connectivity index (χ0n) is 14.0. The second-order valence-corrected chi connectivity index (χ2v) is 6.32. The molecule has 1 saturated carbocycles. The van der Waals surface area contributed by atoms with Crippen molar-refractivity contribution in [2.75, 3.05) is 11.9 Å². The molecule has 0 radical (unpaired) electrons. The van der Waals surface area contributed by atoms with Crippen molar-refractivity contribution in [3.63, 3.8) is 0 Å². The third kappa shape index (κ3) is 4.67. The predicted octanol–water partition coefficient (Wildman–Crippen LogP) is 3.36. The Balaban J connectivity index is 2.03. The molecule has 1 aromatic rings. The number of urea groups is 1. The van der Waals surface area contributed by atoms with E-state index in [1.807, 2.05) is 0 Å². The summed E-state index contributed by atoms with van der Waals surface area (Å²) in [6, 6.07) is 4.14. The van der Waals surface area contributed by atoms with Gasteiger partial charge in [-0.3, -0.25) is 10.1 Å². The standard InChI is InChI=1S/C17H25N3O4/c1-12-14(8-5-9-16(12)20(23)24)18-17(22)19-15(10-11-21)13-6-3-2-4-7-13/h5,8-9,13,15,21H,2-4,6-7,10-11H2,1H3,(H2,18,19,22). The minimum absolute atomic E-state index is 0.0213. The molecule has 0 bridgehead atoms. The van der Waals surface area contributed by atoms with Gasteiger partial charge in [-0.15, -0.1) is 0 Å². The second-order valence-electron chi connectivity index (χ2n) is 6.32. The maximum atomic E-state index is 12.3. The summed E-state index contributed by atoms with van der Waals surface area (Å²) in [5, 5.41) is 25.9. The average Bonchev–Trinajstić information content (AvgIpc) is 2.57. The maximum absolute atomic E-state index is 12.3. The Morgan fingerprint density at radius 1 is 1.38 bits per heavy atom. The summed E-state index contributed by atoms with van der Waals surface area (Å²) in [6.45, 7) is 1.64. The third-order valence-electron chi connectivity index (χ3n) is 4.73. The number of nitro groups is 1. The van der Waals surface area contributed by atoms with Crippen molar-refractivity contribution in [1.29, 1.82) is 0 Å². The van der Waals surface area contributed by atoms with Gasteiger partial charge in [-0.05, 0) is 38.2 Å². The van der Waals surface area contributed by atoms with E-state index >= 15 is 0 Å². The fourth-order valence-corrected chi connectivity index (χ4v) is 3.38. The molecule has 0 aromatic heterocycles. The van der Waals surface area contributed by atoms with Crippen molar-refractivity contribution in [3.05, 3.63) is 33.9 Å². The lowest BCUT2D eigenvalue weighted by Gasteiger charge is -2.30. The van der Waals surface area contributed by atoms with Crippen molar-refractivity contribution in [2.45, 2.75) is 51.5 Å². The Labute approximate surface area is 141 Å². The summed E-state index contributed by atoms with van der Waals surface area (Å²) in [5.41, 5.74) is 0.828. The molecule has 1 aromatic carbocycles. The molecule has 1 aliphatic rings. The number of nitrogens with zero attached hydrogens (tertiary/aromatic N) is 1. The van der Waals surface area contributed by atoms with Gasteiger partial charge in [0, 0.05) is 18.7 Å². The first-order valence-corrected chi connectivity index (χ1v) is 8.45. The Hall–Kier alpha value is -2.15. The number of aliphatic hydroxyl groups excluding tert-OH is 1. The Bertz CT molecular complexity index is 585. The number of benzene rings is 1. The van der Waals surface area contributed by atoms with Crippen LogP contribution in [0.1, 0.15) is 44.1 Å². The normalized spacial score (nSPS) is 16.4. The van der Waals surface area contributed by atoms with E-state index in [2.05, 4.69) is 10.6 Å². The third-order valence-corrected chi connectivity index (χ3v) is 4.73. The lowest BCUT2D eigenvalue weighted by Crippen LogP contribution is -2.43. The summed E-state index contributed by atoms with van der Waals surface area (Å²) < 4.78 is 0. The van der Waals surface area contributed by atoms with Crippen molar-refractivity contribution in [2.24, 2.45) is 5.92 Å². The van der Waals surface area contributed by atoms with Gasteiger partial charge in [0.2, 0.25) is 0 Å². The monoisotopic (exact) mass is 335 g/mol. The number of anilines is 1. The summed E-state index contributed by atoms with van der Waals surface area (Å²) in [5.74, 6) is 0.378. The number of hydrogen-bond donors (Lipinski definition) is 3. The van der Waals surface area contributed by atoms with Gasteiger partial charge in [-0.25, -0.2) is 4.79 Å². The number of amides is 2. The first-order chi connectivity index (χ1) is 11.5. The topological polar surface area (TPSA) is 104 Å². The van der Waals surface area contributed by atoms with E-state index in [0.29, 0.717) is 23.6 Å². The quantitative estimate of drug-likeness (QED) is 0.547. The maximum Gasteiger partial charge on any atom is 0.319 e. The highest BCUT2D eigenvalue weighted by atomic mass is 16.6. The van der Waals surface area contributed by atoms with Crippen molar-refractivity contribution in [1.82, 2.24) is 5.32 Å². The number of rotatable bonds is 6. The van der Waals surface area contributed by atoms with Gasteiger partial charge in [0.25, 0.3) is 5.69 Å². The molecule has 132 valence electrons. The highest BCUT2D eigenvalue weighted by molar-refractivity contribution is 5.90. The molecule has 1 atom stereocenters. The fourth-order valence-electron chi connectivity index (χ4n) is 3.38. The molecule has 7 nitrogen and oxygen atoms in total. The van der Waals surface area contributed by atoms with E-state index in [-0.39, 0.29) is 24.4 Å². The summed E-state index contributed by atoms with van der Waals surface area (Å²) in [6.07, 6.45) is 6.16. The summed E-state index contributed by atoms with van der Waals surface area (Å²) in [7, 11) is 0. The van der Waals surface area contributed by atoms with Crippen molar-refractivity contribution >= 4 is 17.4 Å². The highest BCUT2D eigenvalue weighted by Crippen LogP contribution is 2.28. The van der Waals surface area contributed by atoms with E-state index in [4.69, 9.17) is 0 Å². The van der Waals surface area contributed by atoms with Crippen LogP contribution >= 0.6 is 0 Å². The van der Waals surface area contributed by atoms with Crippen molar-refractivity contribution < 1.29 is 14.8 Å². The molecule has 2 rings (SSSR count). The Morgan fingerprint density at radius 3 is 2.71 bits per heavy atom. The second kappa shape index (κ2) is 8.63. The molecule has 0 spiro atoms. The van der Waals surface area contributed by atoms with Gasteiger partial charge in [-0.1, -0.05) is 25.3 Å². The molecular formula is C17H25N3O4. The molecular weight excluding hydrogens is 310 g/mol. The molecule has 1 fully saturated rings. The lowest BCUT2D eigenvalue weighted by molar-refractivity contribution is -0.385. The van der Waals surface area contributed by atoms with Crippen LogP contribution in [-0.2, 0) is 0 Å². The lowest BCUT2D eigenvalue weighted by atomic mass is 9.83. The SMILES string of the molecule is Cc1c(NC(=O)NC(CCO)C2CCCCC2)cccc1[N+](=O)[O-]. The molecule has 1 aliphatic carbocycles. The van der Waals surface area contributed by atoms with Gasteiger partial charge in [0.05, 0.1) is 16.2 Å². The van der Waals surface area contributed by atoms with Crippen LogP contribution in [0.3, 0.4) is 0 Å². The number of aliphatic hydroxyl groups is 1. The Kier molecular flexibility index (Phi) is 6.54. The largest absolute Gasteiger partial charge is 0.396 e. The number of nitro benzene ring substituents is 1. The van der Waals surface area contributed by atoms with Crippen LogP contribution in [-0.4, -0.2) is 28.7 Å². The van der Waals surface area contributed by atoms with E-state index in [9.17, 15) is 20.0 Å². The smallest absolute Gasteiger partial charge is 0.319 e. The van der Waals surface area contributed by atoms with Crippen LogP contribution in [0.15, 0.2) is 18.2 Å². The minimum atomic E-state index is -0.463. The molecule has 24 heavy (non-hydrogen) atoms. The van der Waals surface area contributed by atoms with Gasteiger partial charge < -0.3 is 15.7 Å². The van der Waals surface area contributed by atoms with E-state index in [0.717, 1.165) is 25.7 Å². The van der Waals surface area contributed by atoms with E-state index in [1.165, 1.54) is 12.5 Å². The fraction of sp³-hybridized carbons (Fsp3) is 0.588. The van der Waals surface area contributed by atoms with Crippen LogP contribution < -0.4 is 10.6 Å².